The van der Waals surface area contributed by atoms with E-state index in [1.165, 1.54) is 43.2 Å². The molecule has 1 saturated carbocycles. The van der Waals surface area contributed by atoms with E-state index in [1.54, 1.807) is 10.4 Å². The Hall–Kier alpha value is -1.82. The summed E-state index contributed by atoms with van der Waals surface area (Å²) in [5, 5.41) is 3.22. The molecule has 0 amide bonds. The van der Waals surface area contributed by atoms with Crippen LogP contribution in [-0.4, -0.2) is 8.07 Å². The van der Waals surface area contributed by atoms with Gasteiger partial charge < -0.3 is 0 Å². The average Bonchev–Trinajstić information content (AvgIpc) is 2.72. The number of aryl methyl sites for hydroxylation is 1. The van der Waals surface area contributed by atoms with Gasteiger partial charge in [0, 0.05) is 0 Å². The molecule has 0 unspecified atom stereocenters. The van der Waals surface area contributed by atoms with Crippen molar-refractivity contribution in [3.05, 3.63) is 82.7 Å². The minimum atomic E-state index is -1.68. The van der Waals surface area contributed by atoms with E-state index in [9.17, 15) is 0 Å². The molecular weight excluding hydrogens is 340 g/mol. The molecule has 0 saturated heterocycles. The van der Waals surface area contributed by atoms with Gasteiger partial charge in [-0.25, -0.2) is 0 Å². The molecule has 1 heteroatoms. The third kappa shape index (κ3) is 5.34. The molecule has 27 heavy (non-hydrogen) atoms. The lowest BCUT2D eigenvalue weighted by Crippen LogP contribution is -2.46. The lowest BCUT2D eigenvalue weighted by Gasteiger charge is -2.33. The van der Waals surface area contributed by atoms with E-state index in [-0.39, 0.29) is 0 Å². The zero-order chi connectivity index (χ0) is 19.1. The van der Waals surface area contributed by atoms with Crippen LogP contribution in [0.2, 0.25) is 13.1 Å². The Labute approximate surface area is 167 Å². The van der Waals surface area contributed by atoms with Crippen molar-refractivity contribution in [3.8, 4) is 0 Å². The number of rotatable bonds is 6. The monoisotopic (exact) mass is 374 g/mol. The van der Waals surface area contributed by atoms with E-state index in [4.69, 9.17) is 0 Å². The van der Waals surface area contributed by atoms with Gasteiger partial charge in [0.2, 0.25) is 0 Å². The summed E-state index contributed by atoms with van der Waals surface area (Å²) < 4.78 is 0. The van der Waals surface area contributed by atoms with Crippen molar-refractivity contribution in [1.82, 2.24) is 0 Å². The fraction of sp³-hybridized carbons (Fsp3) is 0.423. The maximum Gasteiger partial charge on any atom is 0.117 e. The van der Waals surface area contributed by atoms with E-state index in [0.29, 0.717) is 0 Å². The summed E-state index contributed by atoms with van der Waals surface area (Å²) in [5.74, 6) is 0.743. The Kier molecular flexibility index (Phi) is 6.93. The van der Waals surface area contributed by atoms with E-state index in [0.717, 1.165) is 18.8 Å². The summed E-state index contributed by atoms with van der Waals surface area (Å²) in [4.78, 5) is 0. The third-order valence-electron chi connectivity index (χ3n) is 6.16. The van der Waals surface area contributed by atoms with Gasteiger partial charge in [-0.15, -0.1) is 5.73 Å². The molecule has 3 rings (SSSR count). The molecule has 0 aliphatic heterocycles. The van der Waals surface area contributed by atoms with Crippen molar-refractivity contribution in [3.63, 3.8) is 0 Å². The maximum atomic E-state index is 3.99. The Morgan fingerprint density at radius 1 is 0.889 bits per heavy atom. The largest absolute Gasteiger partial charge is 0.127 e. The normalized spacial score (nSPS) is 15.2. The minimum absolute atomic E-state index is 0.743. The molecule has 2 aromatic rings. The number of benzene rings is 2. The number of hydrogen-bond acceptors (Lipinski definition) is 0. The summed E-state index contributed by atoms with van der Waals surface area (Å²) in [6, 6.07) is 22.1. The maximum absolute atomic E-state index is 3.99. The van der Waals surface area contributed by atoms with Crippen LogP contribution in [0.1, 0.15) is 51.0 Å². The van der Waals surface area contributed by atoms with Crippen molar-refractivity contribution in [1.29, 1.82) is 0 Å². The van der Waals surface area contributed by atoms with E-state index in [1.807, 2.05) is 0 Å². The summed E-state index contributed by atoms with van der Waals surface area (Å²) in [7, 11) is -1.68. The second-order valence-corrected chi connectivity index (χ2v) is 13.0. The van der Waals surface area contributed by atoms with Crippen LogP contribution in [0.3, 0.4) is 0 Å². The van der Waals surface area contributed by atoms with Gasteiger partial charge >= 0.3 is 0 Å². The van der Waals surface area contributed by atoms with Crippen molar-refractivity contribution in [2.24, 2.45) is 5.92 Å². The molecule has 0 N–H and O–H groups in total. The predicted molar refractivity (Wildman–Crippen MR) is 121 cm³/mol. The highest BCUT2D eigenvalue weighted by Gasteiger charge is 2.33. The second-order valence-electron chi connectivity index (χ2n) is 8.63. The molecule has 1 fully saturated rings. The summed E-state index contributed by atoms with van der Waals surface area (Å²) in [5.41, 5.74) is 6.85. The first kappa shape index (κ1) is 19.9. The first-order chi connectivity index (χ1) is 13.1. The van der Waals surface area contributed by atoms with E-state index < -0.39 is 8.07 Å². The van der Waals surface area contributed by atoms with Crippen LogP contribution in [0.25, 0.3) is 0 Å². The smallest absolute Gasteiger partial charge is 0.117 e. The molecular formula is C26H34Si. The van der Waals surface area contributed by atoms with Crippen LogP contribution in [0.15, 0.2) is 77.2 Å². The highest BCUT2D eigenvalue weighted by Crippen LogP contribution is 2.34. The average molecular weight is 375 g/mol. The lowest BCUT2D eigenvalue weighted by molar-refractivity contribution is 0.412. The van der Waals surface area contributed by atoms with Crippen LogP contribution in [0.5, 0.6) is 0 Å². The van der Waals surface area contributed by atoms with Gasteiger partial charge in [-0.1, -0.05) is 98.2 Å². The van der Waals surface area contributed by atoms with Crippen LogP contribution >= 0.6 is 0 Å². The first-order valence-electron chi connectivity index (χ1n) is 10.6. The number of hydrogen-bond donors (Lipinski definition) is 0. The summed E-state index contributed by atoms with van der Waals surface area (Å²) in [6.45, 7) is 7.36. The molecule has 1 aliphatic rings. The Morgan fingerprint density at radius 2 is 1.48 bits per heavy atom. The van der Waals surface area contributed by atoms with Gasteiger partial charge in [-0.2, -0.15) is 0 Å². The molecule has 0 heterocycles. The van der Waals surface area contributed by atoms with Crippen LogP contribution in [-0.2, 0) is 6.42 Å². The van der Waals surface area contributed by atoms with Crippen LogP contribution in [0, 0.1) is 5.92 Å². The molecule has 0 atom stereocenters. The fourth-order valence-corrected chi connectivity index (χ4v) is 7.61. The minimum Gasteiger partial charge on any atom is -0.127 e. The Bertz CT molecular complexity index is 773. The van der Waals surface area contributed by atoms with Gasteiger partial charge in [-0.3, -0.25) is 0 Å². The van der Waals surface area contributed by atoms with Gasteiger partial charge in [0.15, 0.2) is 0 Å². The quantitative estimate of drug-likeness (QED) is 0.384. The van der Waals surface area contributed by atoms with E-state index in [2.05, 4.69) is 86.4 Å². The predicted octanol–water partition coefficient (Wildman–Crippen LogP) is 6.83. The van der Waals surface area contributed by atoms with Gasteiger partial charge in [0.05, 0.1) is 0 Å². The molecule has 1 aliphatic carbocycles. The lowest BCUT2D eigenvalue weighted by atomic mass is 9.89. The van der Waals surface area contributed by atoms with Gasteiger partial charge in [0.25, 0.3) is 0 Å². The molecule has 142 valence electrons. The summed E-state index contributed by atoms with van der Waals surface area (Å²) in [6.07, 6.45) is 9.13. The SMILES string of the molecule is CC(=C=C(C1CCCCC1)[Si](C)(C)c1ccccc1)CCc1ccccc1. The molecule has 0 aromatic heterocycles. The molecule has 0 radical (unpaired) electrons. The van der Waals surface area contributed by atoms with Crippen molar-refractivity contribution in [2.45, 2.75) is 65.0 Å². The second kappa shape index (κ2) is 9.40. The fourth-order valence-electron chi connectivity index (χ4n) is 4.44. The molecule has 0 spiro atoms. The molecule has 0 nitrogen and oxygen atoms in total. The molecule has 2 aromatic carbocycles. The third-order valence-corrected chi connectivity index (χ3v) is 9.82. The first-order valence-corrected chi connectivity index (χ1v) is 13.6. The zero-order valence-corrected chi connectivity index (χ0v) is 18.3. The standard InChI is InChI=1S/C26H34Si/c1-22(19-20-23-13-7-4-8-14-23)21-26(24-15-9-5-10-16-24)27(2,3)25-17-11-6-12-18-25/h4,6-8,11-14,17-18,24H,5,9-10,15-16,19-20H2,1-3H3. The highest BCUT2D eigenvalue weighted by atomic mass is 28.3. The van der Waals surface area contributed by atoms with Crippen LogP contribution in [0.4, 0.5) is 0 Å². The Morgan fingerprint density at radius 3 is 2.11 bits per heavy atom. The Balaban J connectivity index is 1.91. The van der Waals surface area contributed by atoms with Crippen LogP contribution < -0.4 is 5.19 Å². The molecule has 0 bridgehead atoms. The number of allylic oxidation sites excluding steroid dienone is 1. The highest BCUT2D eigenvalue weighted by molar-refractivity contribution is 6.95. The van der Waals surface area contributed by atoms with Gasteiger partial charge in [-0.05, 0) is 54.9 Å². The van der Waals surface area contributed by atoms with Crippen molar-refractivity contribution < 1.29 is 0 Å². The van der Waals surface area contributed by atoms with E-state index >= 15 is 0 Å². The van der Waals surface area contributed by atoms with Crippen molar-refractivity contribution in [2.75, 3.05) is 0 Å². The van der Waals surface area contributed by atoms with Gasteiger partial charge in [0.1, 0.15) is 8.07 Å². The topological polar surface area (TPSA) is 0 Å². The summed E-state index contributed by atoms with van der Waals surface area (Å²) >= 11 is 0. The van der Waals surface area contributed by atoms with Crippen molar-refractivity contribution >= 4 is 13.3 Å². The zero-order valence-electron chi connectivity index (χ0n) is 17.3.